The molecule has 19 heavy (non-hydrogen) atoms. The van der Waals surface area contributed by atoms with Crippen molar-refractivity contribution in [2.45, 2.75) is 0 Å². The Bertz CT molecular complexity index is 562. The summed E-state index contributed by atoms with van der Waals surface area (Å²) in [5, 5.41) is 14.4. The van der Waals surface area contributed by atoms with Crippen molar-refractivity contribution in [1.82, 2.24) is 5.32 Å². The highest BCUT2D eigenvalue weighted by atomic mass is 16.3. The Kier molecular flexibility index (Phi) is 4.18. The highest BCUT2D eigenvalue weighted by molar-refractivity contribution is 5.90. The number of benzene rings is 2. The normalized spacial score (nSPS) is 10.3. The first-order valence-corrected chi connectivity index (χ1v) is 5.82. The predicted octanol–water partition coefficient (Wildman–Crippen LogP) is 3.18. The number of urea groups is 1. The summed E-state index contributed by atoms with van der Waals surface area (Å²) in [6, 6.07) is 15.6. The fourth-order valence-electron chi connectivity index (χ4n) is 1.49. The fourth-order valence-corrected chi connectivity index (χ4v) is 1.49. The van der Waals surface area contributed by atoms with Crippen LogP contribution in [0.4, 0.5) is 10.5 Å². The van der Waals surface area contributed by atoms with Crippen LogP contribution in [-0.4, -0.2) is 11.1 Å². The maximum atomic E-state index is 11.6. The zero-order valence-electron chi connectivity index (χ0n) is 10.2. The number of phenols is 1. The highest BCUT2D eigenvalue weighted by Crippen LogP contribution is 2.13. The van der Waals surface area contributed by atoms with Crippen molar-refractivity contribution in [3.05, 3.63) is 66.4 Å². The SMILES string of the molecule is O=C(N/C=C/c1ccccc1)Nc1ccc(O)cc1. The van der Waals surface area contributed by atoms with E-state index in [0.717, 1.165) is 5.56 Å². The summed E-state index contributed by atoms with van der Waals surface area (Å²) in [5.41, 5.74) is 1.62. The molecular weight excluding hydrogens is 240 g/mol. The maximum Gasteiger partial charge on any atom is 0.323 e. The third-order valence-corrected chi connectivity index (χ3v) is 2.41. The Morgan fingerprint density at radius 3 is 2.37 bits per heavy atom. The molecule has 2 amide bonds. The predicted molar refractivity (Wildman–Crippen MR) is 75.7 cm³/mol. The third-order valence-electron chi connectivity index (χ3n) is 2.41. The van der Waals surface area contributed by atoms with E-state index in [9.17, 15) is 4.79 Å². The average Bonchev–Trinajstić information content (AvgIpc) is 2.43. The lowest BCUT2D eigenvalue weighted by atomic mass is 10.2. The molecule has 0 saturated carbocycles. The van der Waals surface area contributed by atoms with Crippen molar-refractivity contribution in [1.29, 1.82) is 0 Å². The van der Waals surface area contributed by atoms with E-state index in [1.54, 1.807) is 24.4 Å². The molecule has 0 aromatic heterocycles. The molecular formula is C15H14N2O2. The molecule has 0 bridgehead atoms. The number of carbonyl (C=O) groups excluding carboxylic acids is 1. The van der Waals surface area contributed by atoms with Gasteiger partial charge in [0, 0.05) is 11.9 Å². The third kappa shape index (κ3) is 4.20. The number of hydrogen-bond acceptors (Lipinski definition) is 2. The van der Waals surface area contributed by atoms with Gasteiger partial charge < -0.3 is 15.7 Å². The van der Waals surface area contributed by atoms with Gasteiger partial charge in [0.05, 0.1) is 0 Å². The van der Waals surface area contributed by atoms with Crippen LogP contribution in [0.2, 0.25) is 0 Å². The van der Waals surface area contributed by atoms with Crippen LogP contribution in [0.25, 0.3) is 6.08 Å². The summed E-state index contributed by atoms with van der Waals surface area (Å²) in [7, 11) is 0. The molecule has 2 aromatic carbocycles. The van der Waals surface area contributed by atoms with Crippen LogP contribution in [0.15, 0.2) is 60.8 Å². The summed E-state index contributed by atoms with van der Waals surface area (Å²) in [5.74, 6) is 0.162. The van der Waals surface area contributed by atoms with Gasteiger partial charge in [0.2, 0.25) is 0 Å². The molecule has 3 N–H and O–H groups in total. The van der Waals surface area contributed by atoms with Gasteiger partial charge in [-0.1, -0.05) is 30.3 Å². The van der Waals surface area contributed by atoms with Crippen LogP contribution in [0.1, 0.15) is 5.56 Å². The number of amides is 2. The van der Waals surface area contributed by atoms with Crippen molar-refractivity contribution in [2.75, 3.05) is 5.32 Å². The van der Waals surface area contributed by atoms with Gasteiger partial charge in [-0.05, 0) is 35.9 Å². The van der Waals surface area contributed by atoms with Crippen LogP contribution >= 0.6 is 0 Å². The molecule has 0 radical (unpaired) electrons. The van der Waals surface area contributed by atoms with Crippen molar-refractivity contribution >= 4 is 17.8 Å². The van der Waals surface area contributed by atoms with Crippen LogP contribution in [0, 0.1) is 0 Å². The summed E-state index contributed by atoms with van der Waals surface area (Å²) >= 11 is 0. The molecule has 2 rings (SSSR count). The topological polar surface area (TPSA) is 61.4 Å². The maximum absolute atomic E-state index is 11.6. The van der Waals surface area contributed by atoms with Gasteiger partial charge in [0.25, 0.3) is 0 Å². The Labute approximate surface area is 111 Å². The van der Waals surface area contributed by atoms with E-state index in [4.69, 9.17) is 5.11 Å². The quantitative estimate of drug-likeness (QED) is 0.737. The van der Waals surface area contributed by atoms with Gasteiger partial charge in [-0.15, -0.1) is 0 Å². The minimum atomic E-state index is -0.335. The monoisotopic (exact) mass is 254 g/mol. The number of aromatic hydroxyl groups is 1. The minimum Gasteiger partial charge on any atom is -0.508 e. The van der Waals surface area contributed by atoms with E-state index in [2.05, 4.69) is 10.6 Å². The van der Waals surface area contributed by atoms with Gasteiger partial charge in [-0.25, -0.2) is 4.79 Å². The molecule has 0 spiro atoms. The van der Waals surface area contributed by atoms with Crippen LogP contribution < -0.4 is 10.6 Å². The summed E-state index contributed by atoms with van der Waals surface area (Å²) < 4.78 is 0. The lowest BCUT2D eigenvalue weighted by Gasteiger charge is -2.04. The van der Waals surface area contributed by atoms with E-state index in [1.165, 1.54) is 12.1 Å². The minimum absolute atomic E-state index is 0.162. The number of rotatable bonds is 3. The van der Waals surface area contributed by atoms with E-state index < -0.39 is 0 Å². The summed E-state index contributed by atoms with van der Waals surface area (Å²) in [6.45, 7) is 0. The Morgan fingerprint density at radius 1 is 1.00 bits per heavy atom. The van der Waals surface area contributed by atoms with E-state index in [-0.39, 0.29) is 11.8 Å². The zero-order valence-corrected chi connectivity index (χ0v) is 10.2. The van der Waals surface area contributed by atoms with Crippen molar-refractivity contribution < 1.29 is 9.90 Å². The molecule has 0 fully saturated rings. The lowest BCUT2D eigenvalue weighted by molar-refractivity contribution is 0.255. The lowest BCUT2D eigenvalue weighted by Crippen LogP contribution is -2.23. The number of nitrogens with one attached hydrogen (secondary N) is 2. The molecule has 4 heteroatoms. The van der Waals surface area contributed by atoms with Crippen molar-refractivity contribution in [3.63, 3.8) is 0 Å². The molecule has 0 atom stereocenters. The molecule has 0 unspecified atom stereocenters. The largest absolute Gasteiger partial charge is 0.508 e. The van der Waals surface area contributed by atoms with Crippen LogP contribution in [0.5, 0.6) is 5.75 Å². The highest BCUT2D eigenvalue weighted by Gasteiger charge is 1.98. The Morgan fingerprint density at radius 2 is 1.68 bits per heavy atom. The second-order valence-corrected chi connectivity index (χ2v) is 3.89. The number of carbonyl (C=O) groups is 1. The molecule has 0 aliphatic carbocycles. The molecule has 96 valence electrons. The van der Waals surface area contributed by atoms with Crippen molar-refractivity contribution in [2.24, 2.45) is 0 Å². The zero-order chi connectivity index (χ0) is 13.5. The van der Waals surface area contributed by atoms with E-state index >= 15 is 0 Å². The molecule has 0 aliphatic rings. The second kappa shape index (κ2) is 6.26. The summed E-state index contributed by atoms with van der Waals surface area (Å²) in [6.07, 6.45) is 3.38. The first-order chi connectivity index (χ1) is 9.24. The molecule has 0 saturated heterocycles. The molecule has 0 aliphatic heterocycles. The smallest absolute Gasteiger partial charge is 0.323 e. The van der Waals surface area contributed by atoms with E-state index in [0.29, 0.717) is 5.69 Å². The Balaban J connectivity index is 1.85. The average molecular weight is 254 g/mol. The summed E-state index contributed by atoms with van der Waals surface area (Å²) in [4.78, 5) is 11.6. The van der Waals surface area contributed by atoms with E-state index in [1.807, 2.05) is 30.3 Å². The van der Waals surface area contributed by atoms with Gasteiger partial charge in [0.15, 0.2) is 0 Å². The van der Waals surface area contributed by atoms with Gasteiger partial charge in [-0.2, -0.15) is 0 Å². The standard InChI is InChI=1S/C15H14N2O2/c18-14-8-6-13(7-9-14)17-15(19)16-11-10-12-4-2-1-3-5-12/h1-11,18H,(H2,16,17,19)/b11-10+. The van der Waals surface area contributed by atoms with Crippen LogP contribution in [0.3, 0.4) is 0 Å². The number of phenolic OH excluding ortho intramolecular Hbond substituents is 1. The second-order valence-electron chi connectivity index (χ2n) is 3.89. The first kappa shape index (κ1) is 12.7. The number of hydrogen-bond donors (Lipinski definition) is 3. The van der Waals surface area contributed by atoms with Crippen LogP contribution in [-0.2, 0) is 0 Å². The molecule has 2 aromatic rings. The fraction of sp³-hybridized carbons (Fsp3) is 0. The molecule has 4 nitrogen and oxygen atoms in total. The van der Waals surface area contributed by atoms with Gasteiger partial charge in [-0.3, -0.25) is 0 Å². The van der Waals surface area contributed by atoms with Gasteiger partial charge in [0.1, 0.15) is 5.75 Å². The Hall–Kier alpha value is -2.75. The number of anilines is 1. The first-order valence-electron chi connectivity index (χ1n) is 5.82. The van der Waals surface area contributed by atoms with Crippen molar-refractivity contribution in [3.8, 4) is 5.75 Å². The molecule has 0 heterocycles. The van der Waals surface area contributed by atoms with Gasteiger partial charge >= 0.3 is 6.03 Å².